The van der Waals surface area contributed by atoms with Gasteiger partial charge in [0.05, 0.1) is 11.1 Å². The predicted octanol–water partition coefficient (Wildman–Crippen LogP) is 5.96. The van der Waals surface area contributed by atoms with E-state index in [0.717, 1.165) is 0 Å². The number of hydrogen-bond donors (Lipinski definition) is 4. The molecular weight excluding hydrogens is 451 g/mol. The van der Waals surface area contributed by atoms with E-state index in [2.05, 4.69) is 9.97 Å². The van der Waals surface area contributed by atoms with Gasteiger partial charge in [-0.05, 0) is 50.2 Å². The molecule has 0 fully saturated rings. The van der Waals surface area contributed by atoms with Crippen molar-refractivity contribution >= 4 is 67.7 Å². The maximum atomic E-state index is 13.3. The van der Waals surface area contributed by atoms with E-state index in [1.165, 1.54) is 0 Å². The number of allylic oxidation sites excluding steroid dienone is 2. The van der Waals surface area contributed by atoms with Crippen LogP contribution in [0.5, 0.6) is 0 Å². The van der Waals surface area contributed by atoms with Crippen molar-refractivity contribution in [3.8, 4) is 0 Å². The van der Waals surface area contributed by atoms with Crippen molar-refractivity contribution in [2.24, 2.45) is 0 Å². The van der Waals surface area contributed by atoms with E-state index >= 15 is 0 Å². The lowest BCUT2D eigenvalue weighted by Gasteiger charge is -2.19. The Labute approximate surface area is 191 Å². The Hall–Kier alpha value is -3.48. The van der Waals surface area contributed by atoms with Gasteiger partial charge in [0.15, 0.2) is 11.5 Å². The number of rotatable bonds is 2. The van der Waals surface area contributed by atoms with E-state index in [9.17, 15) is 19.8 Å². The van der Waals surface area contributed by atoms with Crippen LogP contribution in [0.3, 0.4) is 0 Å². The molecule has 8 heteroatoms. The maximum Gasteiger partial charge on any atom is 0.232 e. The van der Waals surface area contributed by atoms with Gasteiger partial charge in [-0.15, -0.1) is 0 Å². The minimum Gasteiger partial charge on any atom is -0.504 e. The number of carbonyl (C=O) groups excluding carboxylic acids is 2. The number of benzene rings is 2. The fourth-order valence-electron chi connectivity index (χ4n) is 4.38. The maximum absolute atomic E-state index is 13.3. The second-order valence-corrected chi connectivity index (χ2v) is 8.61. The first-order valence-corrected chi connectivity index (χ1v) is 10.5. The molecule has 0 unspecified atom stereocenters. The van der Waals surface area contributed by atoms with Crippen LogP contribution >= 0.6 is 23.2 Å². The van der Waals surface area contributed by atoms with Gasteiger partial charge in [0.1, 0.15) is 0 Å². The monoisotopic (exact) mass is 466 g/mol. The molecule has 32 heavy (non-hydrogen) atoms. The van der Waals surface area contributed by atoms with Crippen LogP contribution in [0, 0.1) is 13.8 Å². The van der Waals surface area contributed by atoms with Gasteiger partial charge in [0.25, 0.3) is 0 Å². The second-order valence-electron chi connectivity index (χ2n) is 7.74. The summed E-state index contributed by atoms with van der Waals surface area (Å²) < 4.78 is 0. The van der Waals surface area contributed by atoms with Crippen molar-refractivity contribution in [2.45, 2.75) is 13.8 Å². The summed E-state index contributed by atoms with van der Waals surface area (Å²) in [7, 11) is 0. The lowest BCUT2D eigenvalue weighted by molar-refractivity contribution is -0.116. The highest BCUT2D eigenvalue weighted by atomic mass is 35.5. The number of aliphatic hydroxyl groups excluding tert-OH is 2. The number of Topliss-reactive ketones (excluding diaryl/α,β-unsaturated/α-hetero) is 2. The summed E-state index contributed by atoms with van der Waals surface area (Å²) in [4.78, 5) is 32.9. The smallest absolute Gasteiger partial charge is 0.232 e. The van der Waals surface area contributed by atoms with Crippen molar-refractivity contribution in [1.82, 2.24) is 9.97 Å². The first-order valence-electron chi connectivity index (χ1n) is 9.71. The number of aromatic amines is 2. The molecule has 6 nitrogen and oxygen atoms in total. The Morgan fingerprint density at radius 1 is 0.688 bits per heavy atom. The first kappa shape index (κ1) is 20.4. The van der Waals surface area contributed by atoms with Gasteiger partial charge in [0, 0.05) is 54.4 Å². The largest absolute Gasteiger partial charge is 0.504 e. The number of aryl methyl sites for hydroxylation is 2. The van der Waals surface area contributed by atoms with Crippen molar-refractivity contribution in [2.75, 3.05) is 0 Å². The van der Waals surface area contributed by atoms with E-state index in [1.807, 2.05) is 0 Å². The number of ketones is 2. The van der Waals surface area contributed by atoms with Crippen molar-refractivity contribution in [3.05, 3.63) is 80.5 Å². The fraction of sp³-hybridized carbons (Fsp3) is 0.0833. The van der Waals surface area contributed by atoms with Gasteiger partial charge in [-0.3, -0.25) is 9.59 Å². The number of aromatic nitrogens is 2. The normalized spacial score (nSPS) is 15.0. The van der Waals surface area contributed by atoms with Crippen LogP contribution in [0.2, 0.25) is 10.0 Å². The molecule has 2 aromatic carbocycles. The van der Waals surface area contributed by atoms with E-state index in [4.69, 9.17) is 23.2 Å². The summed E-state index contributed by atoms with van der Waals surface area (Å²) >= 11 is 12.3. The lowest BCUT2D eigenvalue weighted by Crippen LogP contribution is -2.23. The van der Waals surface area contributed by atoms with Gasteiger partial charge in [0.2, 0.25) is 11.6 Å². The van der Waals surface area contributed by atoms with Gasteiger partial charge in [-0.2, -0.15) is 0 Å². The third-order valence-corrected chi connectivity index (χ3v) is 6.22. The Bertz CT molecular complexity index is 1450. The SMILES string of the molecule is Cc1[nH]c2ccc(Cl)cc2c1C1=C(O)C(=O)C(c2c(C)[nH]c3ccc(Cl)cc23)=C(O)C1=O. The fourth-order valence-corrected chi connectivity index (χ4v) is 4.73. The van der Waals surface area contributed by atoms with Gasteiger partial charge in [-0.25, -0.2) is 0 Å². The summed E-state index contributed by atoms with van der Waals surface area (Å²) in [5, 5.41) is 23.8. The number of carbonyl (C=O) groups is 2. The van der Waals surface area contributed by atoms with E-state index < -0.39 is 23.1 Å². The van der Waals surface area contributed by atoms with Gasteiger partial charge >= 0.3 is 0 Å². The molecule has 0 spiro atoms. The van der Waals surface area contributed by atoms with Crippen LogP contribution in [0.15, 0.2) is 47.9 Å². The van der Waals surface area contributed by atoms with Crippen molar-refractivity contribution < 1.29 is 19.8 Å². The standard InChI is InChI=1S/C24H16Cl2N2O4/c1-9-17(13-7-11(25)3-5-15(13)27-9)19-21(29)23(31)20(24(32)22(19)30)18-10(2)28-16-6-4-12(26)8-14(16)18/h3-8,27-29,32H,1-2H3. The number of aliphatic hydroxyl groups is 2. The molecular formula is C24H16Cl2N2O4. The summed E-state index contributed by atoms with van der Waals surface area (Å²) in [6.07, 6.45) is 0. The highest BCUT2D eigenvalue weighted by Gasteiger charge is 2.39. The molecule has 0 aliphatic heterocycles. The molecule has 0 saturated carbocycles. The molecule has 1 aliphatic rings. The molecule has 2 aromatic heterocycles. The van der Waals surface area contributed by atoms with Crippen LogP contribution in [-0.4, -0.2) is 31.7 Å². The molecule has 160 valence electrons. The Balaban J connectivity index is 1.76. The summed E-state index contributed by atoms with van der Waals surface area (Å²) in [6, 6.07) is 10.1. The van der Waals surface area contributed by atoms with Crippen LogP contribution in [0.4, 0.5) is 0 Å². The third-order valence-electron chi connectivity index (χ3n) is 5.75. The van der Waals surface area contributed by atoms with Crippen LogP contribution in [0.25, 0.3) is 33.0 Å². The average Bonchev–Trinajstić information content (AvgIpc) is 3.23. The van der Waals surface area contributed by atoms with Crippen LogP contribution < -0.4 is 0 Å². The highest BCUT2D eigenvalue weighted by molar-refractivity contribution is 6.48. The number of halogens is 2. The molecule has 4 N–H and O–H groups in total. The quantitative estimate of drug-likeness (QED) is 0.273. The van der Waals surface area contributed by atoms with Gasteiger partial charge < -0.3 is 20.2 Å². The highest BCUT2D eigenvalue weighted by Crippen LogP contribution is 2.41. The predicted molar refractivity (Wildman–Crippen MR) is 125 cm³/mol. The molecule has 0 bridgehead atoms. The summed E-state index contributed by atoms with van der Waals surface area (Å²) in [5.41, 5.74) is 2.58. The van der Waals surface area contributed by atoms with Crippen molar-refractivity contribution in [1.29, 1.82) is 0 Å². The van der Waals surface area contributed by atoms with Crippen LogP contribution in [-0.2, 0) is 9.59 Å². The zero-order valence-electron chi connectivity index (χ0n) is 16.9. The molecule has 0 radical (unpaired) electrons. The van der Waals surface area contributed by atoms with Crippen molar-refractivity contribution in [3.63, 3.8) is 0 Å². The lowest BCUT2D eigenvalue weighted by atomic mass is 9.84. The topological polar surface area (TPSA) is 106 Å². The molecule has 0 saturated heterocycles. The minimum absolute atomic E-state index is 0.266. The molecule has 5 rings (SSSR count). The van der Waals surface area contributed by atoms with E-state index in [1.54, 1.807) is 50.2 Å². The van der Waals surface area contributed by atoms with E-state index in [-0.39, 0.29) is 11.1 Å². The second kappa shape index (κ2) is 7.02. The number of hydrogen-bond acceptors (Lipinski definition) is 4. The Kier molecular flexibility index (Phi) is 4.48. The molecule has 0 amide bonds. The van der Waals surface area contributed by atoms with Gasteiger partial charge in [-0.1, -0.05) is 23.2 Å². The third kappa shape index (κ3) is 2.80. The molecule has 0 atom stereocenters. The number of fused-ring (bicyclic) bond motifs is 2. The van der Waals surface area contributed by atoms with Crippen LogP contribution in [0.1, 0.15) is 22.5 Å². The Morgan fingerprint density at radius 2 is 1.06 bits per heavy atom. The number of H-pyrrole nitrogens is 2. The summed E-state index contributed by atoms with van der Waals surface area (Å²) in [5.74, 6) is -3.17. The molecule has 2 heterocycles. The number of nitrogens with one attached hydrogen (secondary N) is 2. The summed E-state index contributed by atoms with van der Waals surface area (Å²) in [6.45, 7) is 3.42. The zero-order valence-corrected chi connectivity index (χ0v) is 18.4. The van der Waals surface area contributed by atoms with E-state index in [0.29, 0.717) is 54.4 Å². The average molecular weight is 467 g/mol. The molecule has 1 aliphatic carbocycles. The Morgan fingerprint density at radius 3 is 1.44 bits per heavy atom. The molecule has 4 aromatic rings. The first-order chi connectivity index (χ1) is 15.2. The minimum atomic E-state index is -0.850. The zero-order chi connectivity index (χ0) is 22.9.